The molecule has 0 saturated heterocycles. The second-order valence-corrected chi connectivity index (χ2v) is 6.92. The van der Waals surface area contributed by atoms with E-state index in [1.54, 1.807) is 0 Å². The van der Waals surface area contributed by atoms with E-state index in [1.807, 2.05) is 32.9 Å². The third-order valence-electron chi connectivity index (χ3n) is 4.04. The van der Waals surface area contributed by atoms with Crippen molar-refractivity contribution in [2.75, 3.05) is 0 Å². The monoisotopic (exact) mass is 274 g/mol. The highest BCUT2D eigenvalue weighted by atomic mass is 16.1. The van der Waals surface area contributed by atoms with Crippen LogP contribution in [0.15, 0.2) is 24.3 Å². The van der Waals surface area contributed by atoms with Crippen LogP contribution < -0.4 is 0 Å². The van der Waals surface area contributed by atoms with Gasteiger partial charge in [0.05, 0.1) is 0 Å². The molecule has 0 N–H and O–H groups in total. The molecular weight excluding hydrogens is 244 g/mol. The molecule has 1 heteroatoms. The highest BCUT2D eigenvalue weighted by Crippen LogP contribution is 2.23. The first-order valence-electron chi connectivity index (χ1n) is 8.01. The number of hydrogen-bond acceptors (Lipinski definition) is 1. The molecule has 20 heavy (non-hydrogen) atoms. The lowest BCUT2D eigenvalue weighted by Crippen LogP contribution is -2.20. The molecule has 0 heterocycles. The van der Waals surface area contributed by atoms with Crippen LogP contribution in [-0.4, -0.2) is 5.78 Å². The van der Waals surface area contributed by atoms with Gasteiger partial charge in [0.1, 0.15) is 0 Å². The molecule has 1 fully saturated rings. The third-order valence-corrected chi connectivity index (χ3v) is 4.04. The minimum atomic E-state index is -0.294. The maximum absolute atomic E-state index is 12.0. The Morgan fingerprint density at radius 2 is 1.50 bits per heavy atom. The lowest BCUT2D eigenvalue weighted by Gasteiger charge is -2.17. The Balaban J connectivity index is 0.000000425. The molecule has 2 rings (SSSR count). The molecule has 0 bridgehead atoms. The van der Waals surface area contributed by atoms with Gasteiger partial charge in [0.15, 0.2) is 5.78 Å². The number of hydrogen-bond donors (Lipinski definition) is 0. The third kappa shape index (κ3) is 5.11. The van der Waals surface area contributed by atoms with Crippen molar-refractivity contribution >= 4 is 5.78 Å². The van der Waals surface area contributed by atoms with E-state index < -0.39 is 0 Å². The van der Waals surface area contributed by atoms with Gasteiger partial charge in [-0.15, -0.1) is 0 Å². The number of carbonyl (C=O) groups excluding carboxylic acids is 1. The van der Waals surface area contributed by atoms with Crippen molar-refractivity contribution in [3.63, 3.8) is 0 Å². The predicted molar refractivity (Wildman–Crippen MR) is 87.4 cm³/mol. The molecule has 1 nitrogen and oxygen atoms in total. The van der Waals surface area contributed by atoms with Gasteiger partial charge >= 0.3 is 0 Å². The van der Waals surface area contributed by atoms with E-state index in [2.05, 4.69) is 26.0 Å². The van der Waals surface area contributed by atoms with E-state index in [-0.39, 0.29) is 11.2 Å². The lowest BCUT2D eigenvalue weighted by atomic mass is 9.86. The molecule has 1 aromatic rings. The summed E-state index contributed by atoms with van der Waals surface area (Å²) in [6.07, 6.45) is 7.13. The average molecular weight is 274 g/mol. The van der Waals surface area contributed by atoms with Crippen molar-refractivity contribution < 1.29 is 4.79 Å². The maximum Gasteiger partial charge on any atom is 0.168 e. The predicted octanol–water partition coefficient (Wildman–Crippen LogP) is 5.99. The summed E-state index contributed by atoms with van der Waals surface area (Å²) in [5.41, 5.74) is 1.84. The van der Waals surface area contributed by atoms with Crippen LogP contribution in [-0.2, 0) is 0 Å². The van der Waals surface area contributed by atoms with E-state index in [9.17, 15) is 4.79 Å². The van der Waals surface area contributed by atoms with E-state index in [0.717, 1.165) is 12.0 Å². The summed E-state index contributed by atoms with van der Waals surface area (Å²) >= 11 is 0. The molecule has 0 aliphatic heterocycles. The largest absolute Gasteiger partial charge is 0.294 e. The summed E-state index contributed by atoms with van der Waals surface area (Å²) < 4.78 is 0. The van der Waals surface area contributed by atoms with Crippen LogP contribution in [0.25, 0.3) is 0 Å². The molecule has 0 aromatic heterocycles. The summed E-state index contributed by atoms with van der Waals surface area (Å²) in [6.45, 7) is 10.3. The van der Waals surface area contributed by atoms with E-state index in [4.69, 9.17) is 0 Å². The Hall–Kier alpha value is -1.11. The maximum atomic E-state index is 12.0. The second kappa shape index (κ2) is 7.61. The van der Waals surface area contributed by atoms with Crippen molar-refractivity contribution in [1.29, 1.82) is 0 Å². The molecule has 0 amide bonds. The van der Waals surface area contributed by atoms with Crippen molar-refractivity contribution in [2.45, 2.75) is 72.6 Å². The molecule has 1 aromatic carbocycles. The van der Waals surface area contributed by atoms with Crippen LogP contribution in [0.1, 0.15) is 88.6 Å². The normalized spacial score (nSPS) is 15.7. The SMILES string of the molecule is C1CCC1.CCC(C)c1ccc(C(=O)C(C)(C)C)cc1. The summed E-state index contributed by atoms with van der Waals surface area (Å²) in [7, 11) is 0. The second-order valence-electron chi connectivity index (χ2n) is 6.92. The average Bonchev–Trinajstić information content (AvgIpc) is 2.34. The minimum absolute atomic E-state index is 0.211. The summed E-state index contributed by atoms with van der Waals surface area (Å²) in [4.78, 5) is 12.0. The van der Waals surface area contributed by atoms with Gasteiger partial charge in [-0.2, -0.15) is 0 Å². The zero-order valence-corrected chi connectivity index (χ0v) is 13.8. The van der Waals surface area contributed by atoms with Gasteiger partial charge in [0.25, 0.3) is 0 Å². The standard InChI is InChI=1S/C15H22O.C4H8/c1-6-11(2)12-7-9-13(10-8-12)14(16)15(3,4)5;1-2-4-3-1/h7-11H,6H2,1-5H3;1-4H2. The summed E-state index contributed by atoms with van der Waals surface area (Å²) in [5, 5.41) is 0. The first-order valence-corrected chi connectivity index (χ1v) is 8.01. The molecular formula is C19H30O. The highest BCUT2D eigenvalue weighted by Gasteiger charge is 2.22. The first-order chi connectivity index (χ1) is 9.36. The molecule has 0 spiro atoms. The Labute approximate surface area is 124 Å². The fourth-order valence-electron chi connectivity index (χ4n) is 1.88. The van der Waals surface area contributed by atoms with Gasteiger partial charge in [-0.05, 0) is 17.9 Å². The van der Waals surface area contributed by atoms with Crippen molar-refractivity contribution in [1.82, 2.24) is 0 Å². The fraction of sp³-hybridized carbons (Fsp3) is 0.632. The quantitative estimate of drug-likeness (QED) is 0.619. The number of benzene rings is 1. The number of Topliss-reactive ketones (excluding diaryl/α,β-unsaturated/α-hetero) is 1. The van der Waals surface area contributed by atoms with Crippen LogP contribution in [0.5, 0.6) is 0 Å². The fourth-order valence-corrected chi connectivity index (χ4v) is 1.88. The van der Waals surface area contributed by atoms with Crippen molar-refractivity contribution in [3.05, 3.63) is 35.4 Å². The van der Waals surface area contributed by atoms with Gasteiger partial charge in [-0.1, -0.05) is 84.6 Å². The topological polar surface area (TPSA) is 17.1 Å². The first kappa shape index (κ1) is 16.9. The van der Waals surface area contributed by atoms with Gasteiger partial charge < -0.3 is 0 Å². The minimum Gasteiger partial charge on any atom is -0.294 e. The molecule has 1 saturated carbocycles. The number of rotatable bonds is 3. The highest BCUT2D eigenvalue weighted by molar-refractivity contribution is 5.99. The molecule has 112 valence electrons. The van der Waals surface area contributed by atoms with Crippen molar-refractivity contribution in [3.8, 4) is 0 Å². The smallest absolute Gasteiger partial charge is 0.168 e. The molecule has 1 aliphatic carbocycles. The Morgan fingerprint density at radius 3 is 1.80 bits per heavy atom. The zero-order valence-electron chi connectivity index (χ0n) is 13.8. The Kier molecular flexibility index (Phi) is 6.45. The summed E-state index contributed by atoms with van der Waals surface area (Å²) in [5.74, 6) is 0.780. The van der Waals surface area contributed by atoms with Crippen LogP contribution in [0, 0.1) is 5.41 Å². The van der Waals surface area contributed by atoms with E-state index in [1.165, 1.54) is 31.2 Å². The Morgan fingerprint density at radius 1 is 1.05 bits per heavy atom. The van der Waals surface area contributed by atoms with Crippen LogP contribution in [0.2, 0.25) is 0 Å². The molecule has 0 radical (unpaired) electrons. The number of ketones is 1. The lowest BCUT2D eigenvalue weighted by molar-refractivity contribution is 0.0858. The summed E-state index contributed by atoms with van der Waals surface area (Å²) in [6, 6.07) is 8.06. The van der Waals surface area contributed by atoms with E-state index in [0.29, 0.717) is 5.92 Å². The number of carbonyl (C=O) groups is 1. The van der Waals surface area contributed by atoms with Crippen LogP contribution >= 0.6 is 0 Å². The molecule has 1 aliphatic rings. The van der Waals surface area contributed by atoms with Crippen LogP contribution in [0.3, 0.4) is 0 Å². The van der Waals surface area contributed by atoms with Gasteiger partial charge in [-0.3, -0.25) is 4.79 Å². The molecule has 1 unspecified atom stereocenters. The zero-order chi connectivity index (χ0) is 15.2. The van der Waals surface area contributed by atoms with E-state index >= 15 is 0 Å². The molecule has 1 atom stereocenters. The van der Waals surface area contributed by atoms with Gasteiger partial charge in [0.2, 0.25) is 0 Å². The van der Waals surface area contributed by atoms with Gasteiger partial charge in [-0.25, -0.2) is 0 Å². The Bertz CT molecular complexity index is 400. The van der Waals surface area contributed by atoms with Crippen LogP contribution in [0.4, 0.5) is 0 Å². The van der Waals surface area contributed by atoms with Crippen molar-refractivity contribution in [2.24, 2.45) is 5.41 Å². The van der Waals surface area contributed by atoms with Gasteiger partial charge in [0, 0.05) is 11.0 Å².